The lowest BCUT2D eigenvalue weighted by Gasteiger charge is -2.01. The quantitative estimate of drug-likeness (QED) is 0.816. The molecular weight excluding hydrogens is 217 g/mol. The molecule has 0 fully saturated rings. The van der Waals surface area contributed by atoms with Crippen molar-refractivity contribution in [3.05, 3.63) is 35.9 Å². The third-order valence-corrected chi connectivity index (χ3v) is 2.56. The molecule has 2 rings (SSSR count). The normalized spacial score (nSPS) is 11.1. The summed E-state index contributed by atoms with van der Waals surface area (Å²) >= 11 is 0. The van der Waals surface area contributed by atoms with Gasteiger partial charge in [0, 0.05) is 13.5 Å². The van der Waals surface area contributed by atoms with Crippen LogP contribution in [0.4, 0.5) is 4.39 Å². The second-order valence-corrected chi connectivity index (χ2v) is 4.55. The molecule has 0 saturated carbocycles. The van der Waals surface area contributed by atoms with Gasteiger partial charge in [-0.15, -0.1) is 0 Å². The highest BCUT2D eigenvalue weighted by atomic mass is 19.1. The molecule has 0 saturated heterocycles. The van der Waals surface area contributed by atoms with Crippen molar-refractivity contribution in [2.24, 2.45) is 13.0 Å². The Balaban J connectivity index is 2.38. The number of aryl methyl sites for hydroxylation is 1. The van der Waals surface area contributed by atoms with E-state index in [-0.39, 0.29) is 5.82 Å². The van der Waals surface area contributed by atoms with Gasteiger partial charge in [0.25, 0.3) is 0 Å². The maximum absolute atomic E-state index is 13.6. The van der Waals surface area contributed by atoms with Gasteiger partial charge in [-0.1, -0.05) is 26.0 Å². The molecule has 0 atom stereocenters. The summed E-state index contributed by atoms with van der Waals surface area (Å²) in [5, 5.41) is 4.26. The van der Waals surface area contributed by atoms with Gasteiger partial charge < -0.3 is 0 Å². The van der Waals surface area contributed by atoms with Crippen molar-refractivity contribution in [2.75, 3.05) is 0 Å². The minimum absolute atomic E-state index is 0.283. The summed E-state index contributed by atoms with van der Waals surface area (Å²) < 4.78 is 15.3. The molecule has 1 heterocycles. The molecule has 0 aliphatic rings. The van der Waals surface area contributed by atoms with Crippen LogP contribution in [-0.4, -0.2) is 14.8 Å². The van der Waals surface area contributed by atoms with E-state index < -0.39 is 0 Å². The van der Waals surface area contributed by atoms with Gasteiger partial charge in [-0.05, 0) is 18.1 Å². The van der Waals surface area contributed by atoms with Crippen molar-refractivity contribution in [3.63, 3.8) is 0 Å². The monoisotopic (exact) mass is 233 g/mol. The number of benzene rings is 1. The van der Waals surface area contributed by atoms with Crippen molar-refractivity contribution in [2.45, 2.75) is 20.3 Å². The zero-order chi connectivity index (χ0) is 12.4. The van der Waals surface area contributed by atoms with Gasteiger partial charge >= 0.3 is 0 Å². The van der Waals surface area contributed by atoms with Crippen LogP contribution in [0.25, 0.3) is 11.4 Å². The second-order valence-electron chi connectivity index (χ2n) is 4.55. The molecule has 4 heteroatoms. The lowest BCUT2D eigenvalue weighted by atomic mass is 10.1. The van der Waals surface area contributed by atoms with E-state index in [0.717, 1.165) is 12.2 Å². The van der Waals surface area contributed by atoms with Crippen molar-refractivity contribution in [1.29, 1.82) is 0 Å². The topological polar surface area (TPSA) is 30.7 Å². The predicted molar refractivity (Wildman–Crippen MR) is 64.9 cm³/mol. The first-order valence-electron chi connectivity index (χ1n) is 5.72. The zero-order valence-electron chi connectivity index (χ0n) is 10.3. The summed E-state index contributed by atoms with van der Waals surface area (Å²) in [5.41, 5.74) is 0.457. The molecule has 90 valence electrons. The first-order chi connectivity index (χ1) is 8.08. The Morgan fingerprint density at radius 2 is 2.00 bits per heavy atom. The minimum atomic E-state index is -0.283. The van der Waals surface area contributed by atoms with Gasteiger partial charge in [0.15, 0.2) is 5.82 Å². The summed E-state index contributed by atoms with van der Waals surface area (Å²) in [6.45, 7) is 4.24. The third kappa shape index (κ3) is 2.52. The Morgan fingerprint density at radius 3 is 2.65 bits per heavy atom. The SMILES string of the molecule is CC(C)Cc1nc(-c2ccccc2F)nn1C. The highest BCUT2D eigenvalue weighted by Gasteiger charge is 2.13. The molecule has 1 aromatic heterocycles. The minimum Gasteiger partial charge on any atom is -0.253 e. The molecule has 17 heavy (non-hydrogen) atoms. The Bertz CT molecular complexity index is 517. The number of rotatable bonds is 3. The molecule has 3 nitrogen and oxygen atoms in total. The summed E-state index contributed by atoms with van der Waals surface area (Å²) in [6.07, 6.45) is 0.845. The number of hydrogen-bond donors (Lipinski definition) is 0. The van der Waals surface area contributed by atoms with Crippen LogP contribution in [0.15, 0.2) is 24.3 Å². The lowest BCUT2D eigenvalue weighted by Crippen LogP contribution is -2.03. The second kappa shape index (κ2) is 4.65. The van der Waals surface area contributed by atoms with Crippen LogP contribution in [0.3, 0.4) is 0 Å². The molecule has 0 amide bonds. The molecule has 0 bridgehead atoms. The van der Waals surface area contributed by atoms with Crippen LogP contribution in [0.5, 0.6) is 0 Å². The van der Waals surface area contributed by atoms with E-state index in [1.807, 2.05) is 7.05 Å². The zero-order valence-corrected chi connectivity index (χ0v) is 10.3. The number of halogens is 1. The Hall–Kier alpha value is -1.71. The van der Waals surface area contributed by atoms with Crippen molar-refractivity contribution >= 4 is 0 Å². The van der Waals surface area contributed by atoms with Crippen LogP contribution in [0, 0.1) is 11.7 Å². The van der Waals surface area contributed by atoms with Crippen LogP contribution >= 0.6 is 0 Å². The number of aromatic nitrogens is 3. The number of hydrogen-bond acceptors (Lipinski definition) is 2. The Labute approximate surface area is 100 Å². The summed E-state index contributed by atoms with van der Waals surface area (Å²) in [6, 6.07) is 6.57. The standard InChI is InChI=1S/C13H16FN3/c1-9(2)8-12-15-13(16-17(12)3)10-6-4-5-7-11(10)14/h4-7,9H,8H2,1-3H3. The fourth-order valence-electron chi connectivity index (χ4n) is 1.72. The largest absolute Gasteiger partial charge is 0.253 e. The molecule has 0 aliphatic heterocycles. The van der Waals surface area contributed by atoms with E-state index in [1.165, 1.54) is 6.07 Å². The molecule has 0 unspecified atom stereocenters. The van der Waals surface area contributed by atoms with Crippen molar-refractivity contribution < 1.29 is 4.39 Å². The summed E-state index contributed by atoms with van der Waals surface area (Å²) in [5.74, 6) is 1.57. The molecular formula is C13H16FN3. The van der Waals surface area contributed by atoms with Gasteiger partial charge in [-0.2, -0.15) is 5.10 Å². The van der Waals surface area contributed by atoms with E-state index in [1.54, 1.807) is 22.9 Å². The molecule has 1 aromatic carbocycles. The van der Waals surface area contributed by atoms with Crippen LogP contribution in [-0.2, 0) is 13.5 Å². The summed E-state index contributed by atoms with van der Waals surface area (Å²) in [4.78, 5) is 4.39. The van der Waals surface area contributed by atoms with E-state index in [0.29, 0.717) is 17.3 Å². The fourth-order valence-corrected chi connectivity index (χ4v) is 1.72. The van der Waals surface area contributed by atoms with E-state index >= 15 is 0 Å². The molecule has 0 spiro atoms. The maximum atomic E-state index is 13.6. The first kappa shape index (κ1) is 11.8. The molecule has 2 aromatic rings. The first-order valence-corrected chi connectivity index (χ1v) is 5.72. The van der Waals surface area contributed by atoms with E-state index in [2.05, 4.69) is 23.9 Å². The Morgan fingerprint density at radius 1 is 1.29 bits per heavy atom. The van der Waals surface area contributed by atoms with Crippen LogP contribution in [0.1, 0.15) is 19.7 Å². The molecule has 0 N–H and O–H groups in total. The smallest absolute Gasteiger partial charge is 0.184 e. The average Bonchev–Trinajstić information content (AvgIpc) is 2.60. The van der Waals surface area contributed by atoms with Crippen molar-refractivity contribution in [3.8, 4) is 11.4 Å². The van der Waals surface area contributed by atoms with Crippen LogP contribution in [0.2, 0.25) is 0 Å². The predicted octanol–water partition coefficient (Wildman–Crippen LogP) is 2.82. The number of nitrogens with zero attached hydrogens (tertiary/aromatic N) is 3. The average molecular weight is 233 g/mol. The highest BCUT2D eigenvalue weighted by molar-refractivity contribution is 5.55. The highest BCUT2D eigenvalue weighted by Crippen LogP contribution is 2.19. The van der Waals surface area contributed by atoms with E-state index in [4.69, 9.17) is 0 Å². The van der Waals surface area contributed by atoms with Gasteiger partial charge in [0.1, 0.15) is 11.6 Å². The molecule has 0 aliphatic carbocycles. The lowest BCUT2D eigenvalue weighted by molar-refractivity contribution is 0.584. The van der Waals surface area contributed by atoms with Crippen molar-refractivity contribution in [1.82, 2.24) is 14.8 Å². The maximum Gasteiger partial charge on any atom is 0.184 e. The van der Waals surface area contributed by atoms with Gasteiger partial charge in [-0.25, -0.2) is 9.37 Å². The van der Waals surface area contributed by atoms with Gasteiger partial charge in [0.2, 0.25) is 0 Å². The Kier molecular flexibility index (Phi) is 3.22. The van der Waals surface area contributed by atoms with Gasteiger partial charge in [-0.3, -0.25) is 4.68 Å². The van der Waals surface area contributed by atoms with E-state index in [9.17, 15) is 4.39 Å². The molecule has 0 radical (unpaired) electrons. The summed E-state index contributed by atoms with van der Waals surface area (Å²) in [7, 11) is 1.84. The van der Waals surface area contributed by atoms with Crippen LogP contribution < -0.4 is 0 Å². The fraction of sp³-hybridized carbons (Fsp3) is 0.385. The third-order valence-electron chi connectivity index (χ3n) is 2.56. The van der Waals surface area contributed by atoms with Gasteiger partial charge in [0.05, 0.1) is 5.56 Å².